The predicted octanol–water partition coefficient (Wildman–Crippen LogP) is 4.08. The number of para-hydroxylation sites is 2. The van der Waals surface area contributed by atoms with Gasteiger partial charge in [-0.2, -0.15) is 0 Å². The molecule has 2 aromatic carbocycles. The number of carbonyl (C=O) groups excluding carboxylic acids is 1. The molecule has 2 aromatic rings. The summed E-state index contributed by atoms with van der Waals surface area (Å²) in [6.07, 6.45) is 3.20. The van der Waals surface area contributed by atoms with Crippen LogP contribution < -0.4 is 19.5 Å². The van der Waals surface area contributed by atoms with Crippen LogP contribution in [0.1, 0.15) is 19.4 Å². The Labute approximate surface area is 173 Å². The number of hydrogen-bond donors (Lipinski definition) is 1. The van der Waals surface area contributed by atoms with Crippen molar-refractivity contribution in [2.45, 2.75) is 13.8 Å². The normalized spacial score (nSPS) is 10.9. The number of amides is 1. The fourth-order valence-electron chi connectivity index (χ4n) is 2.82. The van der Waals surface area contributed by atoms with Gasteiger partial charge in [0.15, 0.2) is 11.5 Å². The Morgan fingerprint density at radius 2 is 1.72 bits per heavy atom. The highest BCUT2D eigenvalue weighted by atomic mass is 16.5. The van der Waals surface area contributed by atoms with E-state index in [1.54, 1.807) is 26.4 Å². The summed E-state index contributed by atoms with van der Waals surface area (Å²) in [5, 5.41) is 2.88. The number of nitrogens with zero attached hydrogens (tertiary/aromatic N) is 1. The summed E-state index contributed by atoms with van der Waals surface area (Å²) < 4.78 is 16.4. The maximum atomic E-state index is 12.4. The van der Waals surface area contributed by atoms with Crippen molar-refractivity contribution < 1.29 is 19.0 Å². The van der Waals surface area contributed by atoms with Crippen molar-refractivity contribution in [2.75, 3.05) is 45.8 Å². The van der Waals surface area contributed by atoms with Gasteiger partial charge in [0.25, 0.3) is 0 Å². The third-order valence-corrected chi connectivity index (χ3v) is 4.54. The number of anilines is 1. The van der Waals surface area contributed by atoms with Crippen LogP contribution in [-0.2, 0) is 4.79 Å². The second kappa shape index (κ2) is 11.8. The quantitative estimate of drug-likeness (QED) is 0.578. The number of rotatable bonds is 11. The lowest BCUT2D eigenvalue weighted by molar-refractivity contribution is -0.111. The lowest BCUT2D eigenvalue weighted by Crippen LogP contribution is -2.28. The van der Waals surface area contributed by atoms with Gasteiger partial charge in [-0.25, -0.2) is 0 Å². The molecule has 156 valence electrons. The van der Waals surface area contributed by atoms with Crippen LogP contribution in [0.3, 0.4) is 0 Å². The zero-order chi connectivity index (χ0) is 21.1. The molecule has 29 heavy (non-hydrogen) atoms. The number of hydrogen-bond acceptors (Lipinski definition) is 5. The van der Waals surface area contributed by atoms with E-state index in [2.05, 4.69) is 24.1 Å². The van der Waals surface area contributed by atoms with Crippen molar-refractivity contribution in [3.8, 4) is 17.2 Å². The van der Waals surface area contributed by atoms with E-state index in [0.717, 1.165) is 25.2 Å². The molecular formula is C23H30N2O4. The monoisotopic (exact) mass is 398 g/mol. The zero-order valence-corrected chi connectivity index (χ0v) is 17.6. The summed E-state index contributed by atoms with van der Waals surface area (Å²) >= 11 is 0. The Morgan fingerprint density at radius 3 is 2.41 bits per heavy atom. The first-order valence-corrected chi connectivity index (χ1v) is 9.76. The maximum Gasteiger partial charge on any atom is 0.248 e. The lowest BCUT2D eigenvalue weighted by atomic mass is 10.2. The van der Waals surface area contributed by atoms with E-state index in [1.165, 1.54) is 6.08 Å². The van der Waals surface area contributed by atoms with Crippen LogP contribution in [0.2, 0.25) is 0 Å². The molecule has 0 aliphatic carbocycles. The van der Waals surface area contributed by atoms with Gasteiger partial charge in [-0.3, -0.25) is 4.79 Å². The summed E-state index contributed by atoms with van der Waals surface area (Å²) in [5.41, 5.74) is 1.48. The molecule has 0 aromatic heterocycles. The fourth-order valence-corrected chi connectivity index (χ4v) is 2.82. The zero-order valence-electron chi connectivity index (χ0n) is 17.6. The summed E-state index contributed by atoms with van der Waals surface area (Å²) in [4.78, 5) is 14.7. The minimum Gasteiger partial charge on any atom is -0.493 e. The number of methoxy groups -OCH3 is 2. The number of ether oxygens (including phenoxy) is 3. The Kier molecular flexibility index (Phi) is 9.05. The molecule has 0 bridgehead atoms. The van der Waals surface area contributed by atoms with Crippen LogP contribution in [0.5, 0.6) is 17.2 Å². The van der Waals surface area contributed by atoms with Crippen LogP contribution in [0.15, 0.2) is 48.5 Å². The predicted molar refractivity (Wildman–Crippen MR) is 117 cm³/mol. The largest absolute Gasteiger partial charge is 0.493 e. The van der Waals surface area contributed by atoms with Crippen molar-refractivity contribution in [1.82, 2.24) is 4.90 Å². The maximum absolute atomic E-state index is 12.4. The smallest absolute Gasteiger partial charge is 0.248 e. The molecule has 6 heteroatoms. The summed E-state index contributed by atoms with van der Waals surface area (Å²) in [6.45, 7) is 7.63. The first kappa shape index (κ1) is 22.3. The Hall–Kier alpha value is -2.99. The van der Waals surface area contributed by atoms with Crippen molar-refractivity contribution in [2.24, 2.45) is 0 Å². The topological polar surface area (TPSA) is 60.0 Å². The van der Waals surface area contributed by atoms with E-state index in [4.69, 9.17) is 14.2 Å². The third-order valence-electron chi connectivity index (χ3n) is 4.54. The highest BCUT2D eigenvalue weighted by Crippen LogP contribution is 2.28. The number of benzene rings is 2. The molecule has 2 rings (SSSR count). The molecule has 0 atom stereocenters. The first-order valence-electron chi connectivity index (χ1n) is 9.76. The number of nitrogens with one attached hydrogen (secondary N) is 1. The third kappa shape index (κ3) is 6.84. The molecule has 0 unspecified atom stereocenters. The second-order valence-corrected chi connectivity index (χ2v) is 6.31. The van der Waals surface area contributed by atoms with Crippen LogP contribution in [-0.4, -0.2) is 51.3 Å². The van der Waals surface area contributed by atoms with Crippen LogP contribution >= 0.6 is 0 Å². The van der Waals surface area contributed by atoms with Gasteiger partial charge in [0.05, 0.1) is 19.9 Å². The lowest BCUT2D eigenvalue weighted by Gasteiger charge is -2.19. The Balaban J connectivity index is 1.99. The van der Waals surface area contributed by atoms with Gasteiger partial charge >= 0.3 is 0 Å². The fraction of sp³-hybridized carbons (Fsp3) is 0.348. The SMILES string of the molecule is CCN(CC)CCOc1ccccc1NC(=O)/C=C/c1ccc(OC)c(OC)c1. The molecule has 6 nitrogen and oxygen atoms in total. The van der Waals surface area contributed by atoms with Gasteiger partial charge in [0, 0.05) is 12.6 Å². The van der Waals surface area contributed by atoms with E-state index in [0.29, 0.717) is 29.5 Å². The average Bonchev–Trinajstić information content (AvgIpc) is 2.76. The molecule has 0 saturated carbocycles. The van der Waals surface area contributed by atoms with E-state index in [-0.39, 0.29) is 5.91 Å². The molecule has 0 aliphatic heterocycles. The number of carbonyl (C=O) groups is 1. The minimum atomic E-state index is -0.237. The van der Waals surface area contributed by atoms with Crippen molar-refractivity contribution in [3.63, 3.8) is 0 Å². The molecule has 1 amide bonds. The highest BCUT2D eigenvalue weighted by molar-refractivity contribution is 6.02. The van der Waals surface area contributed by atoms with E-state index in [1.807, 2.05) is 36.4 Å². The summed E-state index contributed by atoms with van der Waals surface area (Å²) in [5.74, 6) is 1.68. The Bertz CT molecular complexity index is 816. The average molecular weight is 399 g/mol. The van der Waals surface area contributed by atoms with Crippen molar-refractivity contribution in [3.05, 3.63) is 54.1 Å². The van der Waals surface area contributed by atoms with Crippen molar-refractivity contribution in [1.29, 1.82) is 0 Å². The van der Waals surface area contributed by atoms with Gasteiger partial charge in [-0.15, -0.1) is 0 Å². The minimum absolute atomic E-state index is 0.237. The highest BCUT2D eigenvalue weighted by Gasteiger charge is 2.07. The standard InChI is InChI=1S/C23H30N2O4/c1-5-25(6-2)15-16-29-20-10-8-7-9-19(20)24-23(26)14-12-18-11-13-21(27-3)22(17-18)28-4/h7-14,17H,5-6,15-16H2,1-4H3,(H,24,26)/b14-12+. The van der Waals surface area contributed by atoms with E-state index in [9.17, 15) is 4.79 Å². The van der Waals surface area contributed by atoms with Gasteiger partial charge in [0.2, 0.25) is 5.91 Å². The van der Waals surface area contributed by atoms with Crippen molar-refractivity contribution >= 4 is 17.7 Å². The van der Waals surface area contributed by atoms with E-state index >= 15 is 0 Å². The molecule has 0 heterocycles. The molecule has 0 aliphatic rings. The first-order chi connectivity index (χ1) is 14.1. The molecule has 0 fully saturated rings. The molecular weight excluding hydrogens is 368 g/mol. The van der Waals surface area contributed by atoms with Gasteiger partial charge in [0.1, 0.15) is 12.4 Å². The van der Waals surface area contributed by atoms with Crippen LogP contribution in [0.25, 0.3) is 6.08 Å². The van der Waals surface area contributed by atoms with Gasteiger partial charge < -0.3 is 24.4 Å². The molecule has 0 radical (unpaired) electrons. The van der Waals surface area contributed by atoms with E-state index < -0.39 is 0 Å². The van der Waals surface area contributed by atoms with Gasteiger partial charge in [-0.1, -0.05) is 32.0 Å². The molecule has 0 saturated heterocycles. The Morgan fingerprint density at radius 1 is 1.00 bits per heavy atom. The molecule has 1 N–H and O–H groups in total. The van der Waals surface area contributed by atoms with Crippen LogP contribution in [0.4, 0.5) is 5.69 Å². The summed E-state index contributed by atoms with van der Waals surface area (Å²) in [7, 11) is 3.16. The number of likely N-dealkylation sites (N-methyl/N-ethyl adjacent to an activating group) is 1. The van der Waals surface area contributed by atoms with Crippen LogP contribution in [0, 0.1) is 0 Å². The second-order valence-electron chi connectivity index (χ2n) is 6.31. The summed E-state index contributed by atoms with van der Waals surface area (Å²) in [6, 6.07) is 12.9. The van der Waals surface area contributed by atoms with Gasteiger partial charge in [-0.05, 0) is 49.0 Å². The molecule has 0 spiro atoms.